The van der Waals surface area contributed by atoms with Crippen LogP contribution in [0.5, 0.6) is 0 Å². The van der Waals surface area contributed by atoms with Crippen molar-refractivity contribution >= 4 is 22.8 Å². The van der Waals surface area contributed by atoms with Crippen molar-refractivity contribution < 1.29 is 19.1 Å². The molecule has 0 saturated carbocycles. The van der Waals surface area contributed by atoms with Crippen molar-refractivity contribution in [3.8, 4) is 11.3 Å². The van der Waals surface area contributed by atoms with Crippen LogP contribution in [0.15, 0.2) is 78.9 Å². The van der Waals surface area contributed by atoms with E-state index in [0.717, 1.165) is 27.7 Å². The van der Waals surface area contributed by atoms with Gasteiger partial charge >= 0.3 is 11.9 Å². The average molecular weight is 425 g/mol. The number of aromatic nitrogens is 1. The first-order valence-corrected chi connectivity index (χ1v) is 10.5. The molecular formula is C27H23NO4. The molecule has 0 bridgehead atoms. The van der Waals surface area contributed by atoms with Crippen LogP contribution < -0.4 is 0 Å². The Morgan fingerprint density at radius 1 is 0.844 bits per heavy atom. The lowest BCUT2D eigenvalue weighted by Crippen LogP contribution is -2.10. The number of para-hydroxylation sites is 1. The summed E-state index contributed by atoms with van der Waals surface area (Å²) in [5.41, 5.74) is 4.82. The zero-order valence-electron chi connectivity index (χ0n) is 18.0. The predicted octanol–water partition coefficient (Wildman–Crippen LogP) is 5.74. The van der Waals surface area contributed by atoms with Crippen molar-refractivity contribution in [2.45, 2.75) is 20.5 Å². The maximum absolute atomic E-state index is 13.2. The highest BCUT2D eigenvalue weighted by Crippen LogP contribution is 2.30. The number of carbonyl (C=O) groups excluding carboxylic acids is 2. The molecule has 32 heavy (non-hydrogen) atoms. The molecule has 0 unspecified atom stereocenters. The first-order chi connectivity index (χ1) is 15.6. The van der Waals surface area contributed by atoms with Crippen molar-refractivity contribution in [2.75, 3.05) is 6.61 Å². The first-order valence-electron chi connectivity index (χ1n) is 10.5. The Bertz CT molecular complexity index is 1280. The van der Waals surface area contributed by atoms with Crippen molar-refractivity contribution in [3.05, 3.63) is 101 Å². The summed E-state index contributed by atoms with van der Waals surface area (Å²) in [4.78, 5) is 30.0. The van der Waals surface area contributed by atoms with Gasteiger partial charge in [0, 0.05) is 10.9 Å². The van der Waals surface area contributed by atoms with Crippen LogP contribution in [-0.4, -0.2) is 23.5 Å². The van der Waals surface area contributed by atoms with Gasteiger partial charge in [-0.3, -0.25) is 0 Å². The van der Waals surface area contributed by atoms with Gasteiger partial charge < -0.3 is 9.47 Å². The highest BCUT2D eigenvalue weighted by atomic mass is 16.5. The minimum Gasteiger partial charge on any atom is -0.462 e. The molecule has 0 spiro atoms. The maximum Gasteiger partial charge on any atom is 0.339 e. The van der Waals surface area contributed by atoms with Gasteiger partial charge in [0.05, 0.1) is 28.9 Å². The van der Waals surface area contributed by atoms with Crippen LogP contribution in [0.3, 0.4) is 0 Å². The Morgan fingerprint density at radius 2 is 1.59 bits per heavy atom. The third-order valence-corrected chi connectivity index (χ3v) is 5.20. The topological polar surface area (TPSA) is 65.5 Å². The standard InChI is InChI=1S/C27H23NO4/c1-3-31-26(29)21-13-9-10-19(16-21)17-32-27(30)24-18(2)25(20-11-5-4-6-12-20)28-23-15-8-7-14-22(23)24/h4-16H,3,17H2,1-2H3. The zero-order chi connectivity index (χ0) is 22.5. The van der Waals surface area contributed by atoms with Gasteiger partial charge in [0.25, 0.3) is 0 Å². The number of esters is 2. The van der Waals surface area contributed by atoms with Crippen molar-refractivity contribution in [1.29, 1.82) is 0 Å². The Morgan fingerprint density at radius 3 is 2.38 bits per heavy atom. The minimum atomic E-state index is -0.431. The zero-order valence-corrected chi connectivity index (χ0v) is 18.0. The number of benzene rings is 3. The molecule has 5 nitrogen and oxygen atoms in total. The van der Waals surface area contributed by atoms with Gasteiger partial charge in [0.15, 0.2) is 0 Å². The maximum atomic E-state index is 13.2. The van der Waals surface area contributed by atoms with E-state index in [-0.39, 0.29) is 6.61 Å². The molecule has 0 atom stereocenters. The first kappa shape index (κ1) is 21.2. The van der Waals surface area contributed by atoms with E-state index in [0.29, 0.717) is 23.3 Å². The second-order valence-electron chi connectivity index (χ2n) is 7.34. The van der Waals surface area contributed by atoms with Crippen LogP contribution in [0.4, 0.5) is 0 Å². The third kappa shape index (κ3) is 4.37. The van der Waals surface area contributed by atoms with Crippen LogP contribution in [0, 0.1) is 6.92 Å². The second kappa shape index (κ2) is 9.43. The Hall–Kier alpha value is -3.99. The predicted molar refractivity (Wildman–Crippen MR) is 123 cm³/mol. The molecule has 1 heterocycles. The molecule has 0 aliphatic rings. The smallest absolute Gasteiger partial charge is 0.339 e. The van der Waals surface area contributed by atoms with Gasteiger partial charge in [-0.2, -0.15) is 0 Å². The summed E-state index contributed by atoms with van der Waals surface area (Å²) >= 11 is 0. The summed E-state index contributed by atoms with van der Waals surface area (Å²) in [6.45, 7) is 3.99. The molecule has 0 fully saturated rings. The summed E-state index contributed by atoms with van der Waals surface area (Å²) in [5.74, 6) is -0.830. The lowest BCUT2D eigenvalue weighted by Gasteiger charge is -2.14. The van der Waals surface area contributed by atoms with Crippen LogP contribution in [-0.2, 0) is 16.1 Å². The fourth-order valence-electron chi connectivity index (χ4n) is 3.67. The van der Waals surface area contributed by atoms with E-state index < -0.39 is 11.9 Å². The van der Waals surface area contributed by atoms with E-state index in [1.54, 1.807) is 25.1 Å². The molecule has 1 aromatic heterocycles. The molecule has 4 aromatic rings. The molecule has 0 radical (unpaired) electrons. The largest absolute Gasteiger partial charge is 0.462 e. The second-order valence-corrected chi connectivity index (χ2v) is 7.34. The normalized spacial score (nSPS) is 10.7. The third-order valence-electron chi connectivity index (χ3n) is 5.20. The molecule has 0 aliphatic heterocycles. The van der Waals surface area contributed by atoms with E-state index >= 15 is 0 Å². The quantitative estimate of drug-likeness (QED) is 0.368. The van der Waals surface area contributed by atoms with Crippen LogP contribution in [0.1, 0.15) is 38.8 Å². The summed E-state index contributed by atoms with van der Waals surface area (Å²) in [5, 5.41) is 0.745. The van der Waals surface area contributed by atoms with Crippen LogP contribution in [0.2, 0.25) is 0 Å². The number of pyridine rings is 1. The van der Waals surface area contributed by atoms with Crippen LogP contribution in [0.25, 0.3) is 22.2 Å². The number of fused-ring (bicyclic) bond motifs is 1. The van der Waals surface area contributed by atoms with E-state index in [1.165, 1.54) is 0 Å². The van der Waals surface area contributed by atoms with Gasteiger partial charge in [-0.1, -0.05) is 60.7 Å². The Labute approximate surface area is 186 Å². The summed E-state index contributed by atoms with van der Waals surface area (Å²) in [6.07, 6.45) is 0. The highest BCUT2D eigenvalue weighted by molar-refractivity contribution is 6.06. The number of hydrogen-bond acceptors (Lipinski definition) is 5. The lowest BCUT2D eigenvalue weighted by atomic mass is 9.98. The van der Waals surface area contributed by atoms with Gasteiger partial charge in [-0.25, -0.2) is 14.6 Å². The number of hydrogen-bond donors (Lipinski definition) is 0. The Balaban J connectivity index is 1.66. The van der Waals surface area contributed by atoms with Gasteiger partial charge in [-0.15, -0.1) is 0 Å². The number of nitrogens with zero attached hydrogens (tertiary/aromatic N) is 1. The van der Waals surface area contributed by atoms with Gasteiger partial charge in [0.2, 0.25) is 0 Å². The molecule has 0 N–H and O–H groups in total. The molecule has 0 saturated heterocycles. The monoisotopic (exact) mass is 425 g/mol. The molecule has 0 aliphatic carbocycles. The van der Waals surface area contributed by atoms with Crippen molar-refractivity contribution in [3.63, 3.8) is 0 Å². The van der Waals surface area contributed by atoms with E-state index in [2.05, 4.69) is 0 Å². The molecule has 5 heteroatoms. The van der Waals surface area contributed by atoms with E-state index in [9.17, 15) is 9.59 Å². The SMILES string of the molecule is CCOC(=O)c1cccc(COC(=O)c2c(C)c(-c3ccccc3)nc3ccccc23)c1. The Kier molecular flexibility index (Phi) is 6.26. The minimum absolute atomic E-state index is 0.0445. The van der Waals surface area contributed by atoms with Gasteiger partial charge in [-0.05, 0) is 43.2 Å². The van der Waals surface area contributed by atoms with E-state index in [1.807, 2.05) is 67.6 Å². The fraction of sp³-hybridized carbons (Fsp3) is 0.148. The lowest BCUT2D eigenvalue weighted by molar-refractivity contribution is 0.0474. The highest BCUT2D eigenvalue weighted by Gasteiger charge is 2.20. The average Bonchev–Trinajstić information content (AvgIpc) is 2.83. The molecular weight excluding hydrogens is 402 g/mol. The summed E-state index contributed by atoms with van der Waals surface area (Å²) in [7, 11) is 0. The van der Waals surface area contributed by atoms with Crippen molar-refractivity contribution in [2.24, 2.45) is 0 Å². The molecule has 160 valence electrons. The molecule has 0 amide bonds. The van der Waals surface area contributed by atoms with Crippen molar-refractivity contribution in [1.82, 2.24) is 4.98 Å². The molecule has 3 aromatic carbocycles. The molecule has 4 rings (SSSR count). The van der Waals surface area contributed by atoms with Crippen LogP contribution >= 0.6 is 0 Å². The number of carbonyl (C=O) groups is 2. The summed E-state index contributed by atoms with van der Waals surface area (Å²) in [6, 6.07) is 24.2. The van der Waals surface area contributed by atoms with E-state index in [4.69, 9.17) is 14.5 Å². The number of ether oxygens (including phenoxy) is 2. The fourth-order valence-corrected chi connectivity index (χ4v) is 3.67. The van der Waals surface area contributed by atoms with Gasteiger partial charge in [0.1, 0.15) is 6.61 Å². The number of rotatable bonds is 6. The summed E-state index contributed by atoms with van der Waals surface area (Å²) < 4.78 is 10.7.